The first-order valence-corrected chi connectivity index (χ1v) is 11.0. The van der Waals surface area contributed by atoms with Crippen LogP contribution in [0.1, 0.15) is 37.7 Å². The smallest absolute Gasteiger partial charge is 0.233 e. The summed E-state index contributed by atoms with van der Waals surface area (Å²) < 4.78 is 0. The van der Waals surface area contributed by atoms with Crippen molar-refractivity contribution in [1.29, 1.82) is 0 Å². The Balaban J connectivity index is 1.32. The number of thioether (sulfide) groups is 1. The number of hydrogen-bond acceptors (Lipinski definition) is 4. The van der Waals surface area contributed by atoms with Gasteiger partial charge < -0.3 is 5.32 Å². The Bertz CT molecular complexity index is 671. The summed E-state index contributed by atoms with van der Waals surface area (Å²) in [5.74, 6) is 1.13. The van der Waals surface area contributed by atoms with E-state index in [9.17, 15) is 14.4 Å². The van der Waals surface area contributed by atoms with Crippen molar-refractivity contribution in [2.45, 2.75) is 37.9 Å². The van der Waals surface area contributed by atoms with E-state index in [0.717, 1.165) is 42.2 Å². The van der Waals surface area contributed by atoms with Gasteiger partial charge in [0.1, 0.15) is 0 Å². The Kier molecular flexibility index (Phi) is 7.19. The molecule has 1 saturated heterocycles. The van der Waals surface area contributed by atoms with E-state index in [1.807, 2.05) is 24.3 Å². The van der Waals surface area contributed by atoms with Crippen LogP contribution in [0.2, 0.25) is 5.02 Å². The molecule has 1 aliphatic heterocycles. The third kappa shape index (κ3) is 5.26. The SMILES string of the molecule is O=C(CCN1C(=O)[C@H]2CCCC[C@H]2C1=O)NCCSCc1ccc(Cl)cc1. The Morgan fingerprint density at radius 3 is 2.37 bits per heavy atom. The molecular formula is C20H25ClN2O3S. The fourth-order valence-corrected chi connectivity index (χ4v) is 4.73. The largest absolute Gasteiger partial charge is 0.355 e. The van der Waals surface area contributed by atoms with E-state index < -0.39 is 0 Å². The number of carbonyl (C=O) groups excluding carboxylic acids is 3. The highest BCUT2D eigenvalue weighted by atomic mass is 35.5. The van der Waals surface area contributed by atoms with Gasteiger partial charge in [-0.3, -0.25) is 19.3 Å². The summed E-state index contributed by atoms with van der Waals surface area (Å²) in [4.78, 5) is 38.1. The molecule has 2 atom stereocenters. The molecule has 1 aromatic rings. The first kappa shape index (κ1) is 20.2. The van der Waals surface area contributed by atoms with Crippen LogP contribution in [0.15, 0.2) is 24.3 Å². The minimum atomic E-state index is -0.140. The average molecular weight is 409 g/mol. The predicted octanol–water partition coefficient (Wildman–Crippen LogP) is 3.25. The van der Waals surface area contributed by atoms with Gasteiger partial charge in [-0.05, 0) is 30.5 Å². The van der Waals surface area contributed by atoms with E-state index >= 15 is 0 Å². The zero-order valence-electron chi connectivity index (χ0n) is 15.3. The molecule has 7 heteroatoms. The van der Waals surface area contributed by atoms with Crippen LogP contribution >= 0.6 is 23.4 Å². The molecule has 1 aromatic carbocycles. The Morgan fingerprint density at radius 2 is 1.74 bits per heavy atom. The molecule has 1 N–H and O–H groups in total. The van der Waals surface area contributed by atoms with Crippen LogP contribution in [0, 0.1) is 11.8 Å². The number of imide groups is 1. The molecule has 5 nitrogen and oxygen atoms in total. The van der Waals surface area contributed by atoms with Gasteiger partial charge in [0, 0.05) is 36.0 Å². The molecule has 1 heterocycles. The summed E-state index contributed by atoms with van der Waals surface area (Å²) in [5.41, 5.74) is 1.20. The zero-order chi connectivity index (χ0) is 19.2. The fraction of sp³-hybridized carbons (Fsp3) is 0.550. The quantitative estimate of drug-likeness (QED) is 0.529. The minimum Gasteiger partial charge on any atom is -0.355 e. The van der Waals surface area contributed by atoms with Gasteiger partial charge >= 0.3 is 0 Å². The minimum absolute atomic E-state index is 0.0731. The molecule has 27 heavy (non-hydrogen) atoms. The number of fused-ring (bicyclic) bond motifs is 1. The van der Waals surface area contributed by atoms with Crippen LogP contribution in [-0.4, -0.2) is 41.5 Å². The summed E-state index contributed by atoms with van der Waals surface area (Å²) in [5, 5.41) is 3.59. The second-order valence-electron chi connectivity index (χ2n) is 7.10. The number of nitrogens with zero attached hydrogens (tertiary/aromatic N) is 1. The van der Waals surface area contributed by atoms with E-state index in [4.69, 9.17) is 11.6 Å². The molecule has 2 fully saturated rings. The van der Waals surface area contributed by atoms with E-state index in [0.29, 0.717) is 6.54 Å². The summed E-state index contributed by atoms with van der Waals surface area (Å²) in [6.07, 6.45) is 3.83. The molecule has 1 saturated carbocycles. The number of nitrogens with one attached hydrogen (secondary N) is 1. The molecule has 0 radical (unpaired) electrons. The summed E-state index contributed by atoms with van der Waals surface area (Å²) in [6.45, 7) is 0.776. The number of amides is 3. The van der Waals surface area contributed by atoms with Gasteiger partial charge in [-0.2, -0.15) is 11.8 Å². The molecule has 3 rings (SSSR count). The van der Waals surface area contributed by atoms with Crippen LogP contribution in [0.3, 0.4) is 0 Å². The van der Waals surface area contributed by atoms with Gasteiger partial charge in [0.15, 0.2) is 0 Å². The Morgan fingerprint density at radius 1 is 1.11 bits per heavy atom. The third-order valence-electron chi connectivity index (χ3n) is 5.25. The van der Waals surface area contributed by atoms with Gasteiger partial charge in [-0.15, -0.1) is 0 Å². The number of halogens is 1. The molecule has 0 aromatic heterocycles. The van der Waals surface area contributed by atoms with E-state index in [2.05, 4.69) is 5.32 Å². The predicted molar refractivity (Wildman–Crippen MR) is 107 cm³/mol. The van der Waals surface area contributed by atoms with E-state index in [1.54, 1.807) is 11.8 Å². The van der Waals surface area contributed by atoms with Gasteiger partial charge in [0.05, 0.1) is 11.8 Å². The monoisotopic (exact) mass is 408 g/mol. The van der Waals surface area contributed by atoms with Crippen molar-refractivity contribution in [2.24, 2.45) is 11.8 Å². The fourth-order valence-electron chi connectivity index (χ4n) is 3.79. The lowest BCUT2D eigenvalue weighted by Gasteiger charge is -2.19. The van der Waals surface area contributed by atoms with Crippen LogP contribution in [-0.2, 0) is 20.1 Å². The highest BCUT2D eigenvalue weighted by molar-refractivity contribution is 7.98. The van der Waals surface area contributed by atoms with Crippen LogP contribution < -0.4 is 5.32 Å². The van der Waals surface area contributed by atoms with Crippen LogP contribution in [0.4, 0.5) is 0 Å². The third-order valence-corrected chi connectivity index (χ3v) is 6.53. The first-order valence-electron chi connectivity index (χ1n) is 9.50. The van der Waals surface area contributed by atoms with Crippen molar-refractivity contribution in [2.75, 3.05) is 18.8 Å². The summed E-state index contributed by atoms with van der Waals surface area (Å²) in [7, 11) is 0. The maximum absolute atomic E-state index is 12.4. The number of carbonyl (C=O) groups is 3. The highest BCUT2D eigenvalue weighted by Crippen LogP contribution is 2.37. The van der Waals surface area contributed by atoms with Gasteiger partial charge in [-0.25, -0.2) is 0 Å². The number of likely N-dealkylation sites (tertiary alicyclic amines) is 1. The number of benzene rings is 1. The molecule has 146 valence electrons. The second-order valence-corrected chi connectivity index (χ2v) is 8.65. The van der Waals surface area contributed by atoms with Crippen molar-refractivity contribution in [3.05, 3.63) is 34.9 Å². The average Bonchev–Trinajstić information content (AvgIpc) is 2.92. The highest BCUT2D eigenvalue weighted by Gasteiger charge is 2.47. The normalized spacial score (nSPS) is 22.0. The molecule has 0 bridgehead atoms. The lowest BCUT2D eigenvalue weighted by molar-refractivity contribution is -0.140. The molecule has 1 aliphatic carbocycles. The standard InChI is InChI=1S/C20H25ClN2O3S/c21-15-7-5-14(6-8-15)13-27-12-10-22-18(24)9-11-23-19(25)16-3-1-2-4-17(16)20(23)26/h5-8,16-17H,1-4,9-13H2,(H,22,24)/t16-,17+. The van der Waals surface area contributed by atoms with Crippen LogP contribution in [0.5, 0.6) is 0 Å². The van der Waals surface area contributed by atoms with Crippen molar-refractivity contribution in [1.82, 2.24) is 10.2 Å². The summed E-state index contributed by atoms with van der Waals surface area (Å²) >= 11 is 7.60. The molecular weight excluding hydrogens is 384 g/mol. The van der Waals surface area contributed by atoms with Gasteiger partial charge in [0.2, 0.25) is 17.7 Å². The molecule has 0 unspecified atom stereocenters. The van der Waals surface area contributed by atoms with Crippen molar-refractivity contribution < 1.29 is 14.4 Å². The molecule has 0 spiro atoms. The second kappa shape index (κ2) is 9.60. The Labute approximate surface area is 169 Å². The maximum atomic E-state index is 12.4. The van der Waals surface area contributed by atoms with Gasteiger partial charge in [-0.1, -0.05) is 36.6 Å². The van der Waals surface area contributed by atoms with E-state index in [-0.39, 0.29) is 42.5 Å². The molecule has 2 aliphatic rings. The van der Waals surface area contributed by atoms with Gasteiger partial charge in [0.25, 0.3) is 0 Å². The zero-order valence-corrected chi connectivity index (χ0v) is 16.9. The van der Waals surface area contributed by atoms with Crippen molar-refractivity contribution in [3.63, 3.8) is 0 Å². The first-order chi connectivity index (χ1) is 13.1. The van der Waals surface area contributed by atoms with Crippen LogP contribution in [0.25, 0.3) is 0 Å². The molecule has 3 amide bonds. The number of rotatable bonds is 8. The number of hydrogen-bond donors (Lipinski definition) is 1. The Hall–Kier alpha value is -1.53. The van der Waals surface area contributed by atoms with Crippen molar-refractivity contribution in [3.8, 4) is 0 Å². The summed E-state index contributed by atoms with van der Waals surface area (Å²) in [6, 6.07) is 7.73. The van der Waals surface area contributed by atoms with E-state index in [1.165, 1.54) is 10.5 Å². The lowest BCUT2D eigenvalue weighted by Crippen LogP contribution is -2.36. The van der Waals surface area contributed by atoms with Crippen molar-refractivity contribution >= 4 is 41.1 Å². The topological polar surface area (TPSA) is 66.5 Å². The maximum Gasteiger partial charge on any atom is 0.233 e. The lowest BCUT2D eigenvalue weighted by atomic mass is 9.81.